The van der Waals surface area contributed by atoms with Crippen molar-refractivity contribution in [2.45, 2.75) is 102 Å². The molecule has 4 aliphatic rings. The molecule has 7 N–H and O–H groups in total. The van der Waals surface area contributed by atoms with Crippen molar-refractivity contribution in [2.24, 2.45) is 34.0 Å². The van der Waals surface area contributed by atoms with Crippen LogP contribution < -0.4 is 0 Å². The molecule has 14 atom stereocenters. The summed E-state index contributed by atoms with van der Waals surface area (Å²) in [6, 6.07) is 0. The van der Waals surface area contributed by atoms with Crippen molar-refractivity contribution >= 4 is 0 Å². The third-order valence-electron chi connectivity index (χ3n) is 10.1. The summed E-state index contributed by atoms with van der Waals surface area (Å²) < 4.78 is 11.4. The average molecular weight is 501 g/mol. The fourth-order valence-electron chi connectivity index (χ4n) is 8.28. The first kappa shape index (κ1) is 27.4. The molecule has 0 spiro atoms. The quantitative estimate of drug-likeness (QED) is 0.256. The fourth-order valence-corrected chi connectivity index (χ4v) is 8.28. The van der Waals surface area contributed by atoms with E-state index in [0.29, 0.717) is 12.8 Å². The number of aliphatic hydroxyl groups is 7. The zero-order valence-electron chi connectivity index (χ0n) is 21.0. The van der Waals surface area contributed by atoms with Gasteiger partial charge in [-0.25, -0.2) is 0 Å². The molecular formula is C26H44O9. The van der Waals surface area contributed by atoms with Gasteiger partial charge in [0.05, 0.1) is 31.5 Å². The lowest BCUT2D eigenvalue weighted by Crippen LogP contribution is -2.68. The largest absolute Gasteiger partial charge is 0.394 e. The summed E-state index contributed by atoms with van der Waals surface area (Å²) in [5.41, 5.74) is -1.50. The molecule has 9 nitrogen and oxygen atoms in total. The summed E-state index contributed by atoms with van der Waals surface area (Å²) in [4.78, 5) is 0. The van der Waals surface area contributed by atoms with Crippen LogP contribution in [-0.2, 0) is 9.47 Å². The van der Waals surface area contributed by atoms with Gasteiger partial charge in [-0.05, 0) is 54.8 Å². The molecule has 35 heavy (non-hydrogen) atoms. The lowest BCUT2D eigenvalue weighted by atomic mass is 9.41. The number of allylic oxidation sites excluding steroid dienone is 1. The number of hydrogen-bond acceptors (Lipinski definition) is 9. The Kier molecular flexibility index (Phi) is 7.52. The summed E-state index contributed by atoms with van der Waals surface area (Å²) in [6.45, 7) is 9.38. The highest BCUT2D eigenvalue weighted by molar-refractivity contribution is 5.15. The Morgan fingerprint density at radius 3 is 2.29 bits per heavy atom. The molecule has 3 saturated carbocycles. The molecule has 1 saturated heterocycles. The SMILES string of the molecule is C=C[C@@]1(C)CCC2C(C[C@@H](O)C3[C@]2(C)C[C@@H](O)[C@H](O)[C@]3(C)CO[C@@H]2O[C@H](CO)[C@@H](O)[C@@H](O)[C@@H]2O)C1. The average Bonchev–Trinajstić information content (AvgIpc) is 2.80. The predicted molar refractivity (Wildman–Crippen MR) is 126 cm³/mol. The third-order valence-corrected chi connectivity index (χ3v) is 10.1. The zero-order valence-corrected chi connectivity index (χ0v) is 21.0. The summed E-state index contributed by atoms with van der Waals surface area (Å²) in [5, 5.41) is 73.7. The minimum atomic E-state index is -1.58. The van der Waals surface area contributed by atoms with Crippen LogP contribution in [0.25, 0.3) is 0 Å². The maximum atomic E-state index is 11.5. The summed E-state index contributed by atoms with van der Waals surface area (Å²) in [7, 11) is 0. The number of hydrogen-bond donors (Lipinski definition) is 7. The highest BCUT2D eigenvalue weighted by Crippen LogP contribution is 2.65. The van der Waals surface area contributed by atoms with Crippen LogP contribution >= 0.6 is 0 Å². The second-order valence-electron chi connectivity index (χ2n) is 12.5. The maximum Gasteiger partial charge on any atom is 0.186 e. The van der Waals surface area contributed by atoms with Crippen molar-refractivity contribution in [3.05, 3.63) is 12.7 Å². The highest BCUT2D eigenvalue weighted by Gasteiger charge is 2.65. The first-order valence-corrected chi connectivity index (χ1v) is 12.9. The van der Waals surface area contributed by atoms with Gasteiger partial charge in [0.2, 0.25) is 0 Å². The molecule has 0 radical (unpaired) electrons. The minimum Gasteiger partial charge on any atom is -0.394 e. The molecule has 0 aromatic rings. The van der Waals surface area contributed by atoms with Crippen LogP contribution in [0.15, 0.2) is 12.7 Å². The Bertz CT molecular complexity index is 778. The van der Waals surface area contributed by atoms with E-state index in [1.807, 2.05) is 6.08 Å². The van der Waals surface area contributed by atoms with Crippen molar-refractivity contribution in [1.29, 1.82) is 0 Å². The Hall–Kier alpha value is -0.620. The molecule has 0 amide bonds. The Morgan fingerprint density at radius 2 is 1.66 bits per heavy atom. The van der Waals surface area contributed by atoms with Crippen molar-refractivity contribution in [1.82, 2.24) is 0 Å². The summed E-state index contributed by atoms with van der Waals surface area (Å²) >= 11 is 0. The number of rotatable bonds is 5. The van der Waals surface area contributed by atoms with E-state index in [4.69, 9.17) is 9.47 Å². The third kappa shape index (κ3) is 4.41. The standard InChI is InChI=1S/C26H44O9/c1-5-24(2)7-6-14-13(9-24)8-15(28)21-25(14,3)10-16(29)22(33)26(21,4)12-34-23-20(32)19(31)18(30)17(11-27)35-23/h5,13-23,27-33H,1,6-12H2,2-4H3/t13?,14?,15-,16-,17-,18-,19-,20+,21?,22+,23-,24+,25-,26-/m1/s1. The molecule has 4 rings (SSSR count). The summed E-state index contributed by atoms with van der Waals surface area (Å²) in [5.74, 6) is 0.159. The molecule has 0 aromatic carbocycles. The first-order chi connectivity index (χ1) is 16.3. The lowest BCUT2D eigenvalue weighted by molar-refractivity contribution is -0.321. The Balaban J connectivity index is 1.59. The van der Waals surface area contributed by atoms with Gasteiger partial charge in [-0.1, -0.05) is 26.8 Å². The van der Waals surface area contributed by atoms with Gasteiger partial charge in [0.1, 0.15) is 24.4 Å². The summed E-state index contributed by atoms with van der Waals surface area (Å²) in [6.07, 6.45) is -4.19. The molecule has 3 unspecified atom stereocenters. The highest BCUT2D eigenvalue weighted by atomic mass is 16.7. The Labute approximate surface area is 207 Å². The van der Waals surface area contributed by atoms with Gasteiger partial charge in [-0.15, -0.1) is 6.58 Å². The zero-order chi connectivity index (χ0) is 25.9. The molecule has 202 valence electrons. The second kappa shape index (κ2) is 9.60. The first-order valence-electron chi connectivity index (χ1n) is 12.9. The lowest BCUT2D eigenvalue weighted by Gasteiger charge is -2.65. The van der Waals surface area contributed by atoms with Crippen molar-refractivity contribution in [3.8, 4) is 0 Å². The van der Waals surface area contributed by atoms with E-state index >= 15 is 0 Å². The van der Waals surface area contributed by atoms with Crippen molar-refractivity contribution < 1.29 is 45.2 Å². The topological polar surface area (TPSA) is 160 Å². The van der Waals surface area contributed by atoms with E-state index in [2.05, 4.69) is 20.4 Å². The predicted octanol–water partition coefficient (Wildman–Crippen LogP) is -0.0696. The van der Waals surface area contributed by atoms with Crippen molar-refractivity contribution in [3.63, 3.8) is 0 Å². The van der Waals surface area contributed by atoms with Crippen LogP contribution in [0.1, 0.15) is 52.9 Å². The van der Waals surface area contributed by atoms with Gasteiger partial charge in [0, 0.05) is 11.3 Å². The molecule has 0 bridgehead atoms. The van der Waals surface area contributed by atoms with E-state index in [0.717, 1.165) is 19.3 Å². The van der Waals surface area contributed by atoms with Gasteiger partial charge < -0.3 is 45.2 Å². The molecule has 9 heteroatoms. The maximum absolute atomic E-state index is 11.5. The molecule has 3 aliphatic carbocycles. The van der Waals surface area contributed by atoms with E-state index in [-0.39, 0.29) is 29.8 Å². The second-order valence-corrected chi connectivity index (χ2v) is 12.5. The van der Waals surface area contributed by atoms with Gasteiger partial charge in [0.15, 0.2) is 6.29 Å². The van der Waals surface area contributed by atoms with Crippen LogP contribution in [0.3, 0.4) is 0 Å². The minimum absolute atomic E-state index is 0.0202. The fraction of sp³-hybridized carbons (Fsp3) is 0.923. The van der Waals surface area contributed by atoms with E-state index in [9.17, 15) is 35.7 Å². The van der Waals surface area contributed by atoms with Crippen LogP contribution in [0, 0.1) is 34.0 Å². The van der Waals surface area contributed by atoms with Gasteiger partial charge in [0.25, 0.3) is 0 Å². The van der Waals surface area contributed by atoms with Gasteiger partial charge in [-0.2, -0.15) is 0 Å². The number of ether oxygens (including phenoxy) is 2. The van der Waals surface area contributed by atoms with Crippen LogP contribution in [0.2, 0.25) is 0 Å². The van der Waals surface area contributed by atoms with Gasteiger partial charge in [-0.3, -0.25) is 0 Å². The van der Waals surface area contributed by atoms with Crippen LogP contribution in [0.5, 0.6) is 0 Å². The van der Waals surface area contributed by atoms with E-state index in [1.54, 1.807) is 6.92 Å². The molecular weight excluding hydrogens is 456 g/mol. The van der Waals surface area contributed by atoms with Crippen molar-refractivity contribution in [2.75, 3.05) is 13.2 Å². The number of aliphatic hydroxyl groups excluding tert-OH is 7. The molecule has 0 aromatic heterocycles. The smallest absolute Gasteiger partial charge is 0.186 e. The van der Waals surface area contributed by atoms with Crippen LogP contribution in [0.4, 0.5) is 0 Å². The molecule has 1 aliphatic heterocycles. The Morgan fingerprint density at radius 1 is 0.971 bits per heavy atom. The van der Waals surface area contributed by atoms with E-state index in [1.165, 1.54) is 0 Å². The number of fused-ring (bicyclic) bond motifs is 3. The molecule has 1 heterocycles. The monoisotopic (exact) mass is 500 g/mol. The normalized spacial score (nSPS) is 56.7. The van der Waals surface area contributed by atoms with Gasteiger partial charge >= 0.3 is 0 Å². The van der Waals surface area contributed by atoms with E-state index < -0.39 is 66.5 Å². The molecule has 4 fully saturated rings. The van der Waals surface area contributed by atoms with Crippen LogP contribution in [-0.4, -0.2) is 98.0 Å².